The van der Waals surface area contributed by atoms with E-state index in [-0.39, 0.29) is 6.54 Å². The van der Waals surface area contributed by atoms with Gasteiger partial charge >= 0.3 is 12.1 Å². The van der Waals surface area contributed by atoms with E-state index < -0.39 is 29.7 Å². The maximum Gasteiger partial charge on any atom is 0.410 e. The molecule has 18 heavy (non-hydrogen) atoms. The highest BCUT2D eigenvalue weighted by Gasteiger charge is 2.33. The minimum Gasteiger partial charge on any atom is -0.481 e. The van der Waals surface area contributed by atoms with E-state index in [1.54, 1.807) is 27.7 Å². The van der Waals surface area contributed by atoms with Gasteiger partial charge in [-0.25, -0.2) is 4.79 Å². The maximum absolute atomic E-state index is 11.9. The summed E-state index contributed by atoms with van der Waals surface area (Å²) in [5.74, 6) is -1.57. The monoisotopic (exact) mass is 259 g/mol. The van der Waals surface area contributed by atoms with Crippen molar-refractivity contribution in [1.29, 1.82) is 0 Å². The molecule has 2 unspecified atom stereocenters. The Bertz CT molecular complexity index is 323. The maximum atomic E-state index is 11.9. The van der Waals surface area contributed by atoms with Gasteiger partial charge < -0.3 is 19.5 Å². The number of carbonyl (C=O) groups is 2. The van der Waals surface area contributed by atoms with Crippen LogP contribution in [0.1, 0.15) is 27.7 Å². The van der Waals surface area contributed by atoms with Crippen LogP contribution in [0.5, 0.6) is 0 Å². The Labute approximate surface area is 107 Å². The van der Waals surface area contributed by atoms with Crippen LogP contribution in [0.3, 0.4) is 0 Å². The third-order valence-electron chi connectivity index (χ3n) is 2.69. The second-order valence-electron chi connectivity index (χ2n) is 5.46. The van der Waals surface area contributed by atoms with Gasteiger partial charge in [0.15, 0.2) is 0 Å². The molecule has 1 N–H and O–H groups in total. The summed E-state index contributed by atoms with van der Waals surface area (Å²) in [5, 5.41) is 8.93. The van der Waals surface area contributed by atoms with Gasteiger partial charge in [0.2, 0.25) is 0 Å². The summed E-state index contributed by atoms with van der Waals surface area (Å²) >= 11 is 0. The van der Waals surface area contributed by atoms with Gasteiger partial charge in [0.1, 0.15) is 5.60 Å². The highest BCUT2D eigenvalue weighted by atomic mass is 16.6. The number of carboxylic acid groups (broad SMARTS) is 1. The Morgan fingerprint density at radius 3 is 2.56 bits per heavy atom. The van der Waals surface area contributed by atoms with Crippen molar-refractivity contribution < 1.29 is 24.2 Å². The highest BCUT2D eigenvalue weighted by Crippen LogP contribution is 2.17. The lowest BCUT2D eigenvalue weighted by Crippen LogP contribution is -2.50. The molecule has 0 aromatic carbocycles. The number of aliphatic carboxylic acids is 1. The average Bonchev–Trinajstić information content (AvgIpc) is 2.25. The van der Waals surface area contributed by atoms with Crippen molar-refractivity contribution in [2.24, 2.45) is 5.92 Å². The Morgan fingerprint density at radius 2 is 2.06 bits per heavy atom. The van der Waals surface area contributed by atoms with Crippen LogP contribution in [0.15, 0.2) is 0 Å². The summed E-state index contributed by atoms with van der Waals surface area (Å²) in [6.07, 6.45) is -0.905. The van der Waals surface area contributed by atoms with Crippen molar-refractivity contribution in [1.82, 2.24) is 4.90 Å². The number of rotatable bonds is 2. The Kier molecular flexibility index (Phi) is 4.56. The minimum atomic E-state index is -0.925. The van der Waals surface area contributed by atoms with E-state index in [0.29, 0.717) is 13.2 Å². The standard InChI is InChI=1S/C12H21NO5/c1-8(10(14)15)9-7-13(5-6-17-9)11(16)18-12(2,3)4/h8-9H,5-7H2,1-4H3,(H,14,15). The van der Waals surface area contributed by atoms with Crippen LogP contribution in [0.4, 0.5) is 4.79 Å². The fourth-order valence-electron chi connectivity index (χ4n) is 1.63. The van der Waals surface area contributed by atoms with Crippen molar-refractivity contribution in [2.45, 2.75) is 39.4 Å². The summed E-state index contributed by atoms with van der Waals surface area (Å²) in [5.41, 5.74) is -0.552. The quantitative estimate of drug-likeness (QED) is 0.810. The molecule has 0 saturated carbocycles. The summed E-state index contributed by atoms with van der Waals surface area (Å²) < 4.78 is 10.6. The van der Waals surface area contributed by atoms with Crippen molar-refractivity contribution in [3.05, 3.63) is 0 Å². The molecule has 6 nitrogen and oxygen atoms in total. The molecule has 2 atom stereocenters. The first-order chi connectivity index (χ1) is 8.20. The molecule has 104 valence electrons. The topological polar surface area (TPSA) is 76.1 Å². The fraction of sp³-hybridized carbons (Fsp3) is 0.833. The molecular weight excluding hydrogens is 238 g/mol. The normalized spacial score (nSPS) is 22.4. The van der Waals surface area contributed by atoms with Crippen LogP contribution in [-0.4, -0.2) is 53.5 Å². The van der Waals surface area contributed by atoms with E-state index in [9.17, 15) is 9.59 Å². The van der Waals surface area contributed by atoms with Crippen molar-refractivity contribution >= 4 is 12.1 Å². The first kappa shape index (κ1) is 14.8. The predicted octanol–water partition coefficient (Wildman–Crippen LogP) is 1.34. The number of nitrogens with zero attached hydrogens (tertiary/aromatic N) is 1. The van der Waals surface area contributed by atoms with Gasteiger partial charge in [-0.05, 0) is 27.7 Å². The van der Waals surface area contributed by atoms with Gasteiger partial charge in [-0.1, -0.05) is 0 Å². The molecule has 1 fully saturated rings. The van der Waals surface area contributed by atoms with E-state index in [1.807, 2.05) is 0 Å². The Morgan fingerprint density at radius 1 is 1.44 bits per heavy atom. The number of hydrogen-bond acceptors (Lipinski definition) is 4. The molecule has 0 aromatic heterocycles. The van der Waals surface area contributed by atoms with E-state index in [1.165, 1.54) is 4.90 Å². The van der Waals surface area contributed by atoms with E-state index in [0.717, 1.165) is 0 Å². The van der Waals surface area contributed by atoms with Gasteiger partial charge in [-0.15, -0.1) is 0 Å². The number of ether oxygens (including phenoxy) is 2. The molecule has 0 spiro atoms. The van der Waals surface area contributed by atoms with Crippen LogP contribution in [0.25, 0.3) is 0 Å². The van der Waals surface area contributed by atoms with Crippen LogP contribution >= 0.6 is 0 Å². The summed E-state index contributed by atoms with van der Waals surface area (Å²) in [6, 6.07) is 0. The molecule has 1 aliphatic heterocycles. The van der Waals surface area contributed by atoms with Gasteiger partial charge in [0, 0.05) is 6.54 Å². The summed E-state index contributed by atoms with van der Waals surface area (Å²) in [4.78, 5) is 24.2. The SMILES string of the molecule is CC(C(=O)O)C1CN(C(=O)OC(C)(C)C)CCO1. The molecule has 1 heterocycles. The minimum absolute atomic E-state index is 0.252. The van der Waals surface area contributed by atoms with Gasteiger partial charge in [0.25, 0.3) is 0 Å². The van der Waals surface area contributed by atoms with Crippen molar-refractivity contribution in [3.8, 4) is 0 Å². The van der Waals surface area contributed by atoms with Crippen LogP contribution in [-0.2, 0) is 14.3 Å². The fourth-order valence-corrected chi connectivity index (χ4v) is 1.63. The van der Waals surface area contributed by atoms with E-state index >= 15 is 0 Å². The number of amides is 1. The zero-order valence-electron chi connectivity index (χ0n) is 11.3. The third kappa shape index (κ3) is 4.18. The molecule has 6 heteroatoms. The lowest BCUT2D eigenvalue weighted by Gasteiger charge is -2.35. The zero-order valence-corrected chi connectivity index (χ0v) is 11.3. The molecule has 0 radical (unpaired) electrons. The lowest BCUT2D eigenvalue weighted by atomic mass is 10.0. The molecule has 0 bridgehead atoms. The first-order valence-electron chi connectivity index (χ1n) is 6.03. The molecule has 0 aliphatic carbocycles. The van der Waals surface area contributed by atoms with Crippen LogP contribution in [0.2, 0.25) is 0 Å². The second-order valence-corrected chi connectivity index (χ2v) is 5.46. The molecular formula is C12H21NO5. The molecule has 1 aliphatic rings. The number of morpholine rings is 1. The Hall–Kier alpha value is -1.30. The first-order valence-corrected chi connectivity index (χ1v) is 6.03. The average molecular weight is 259 g/mol. The molecule has 1 amide bonds. The third-order valence-corrected chi connectivity index (χ3v) is 2.69. The summed E-state index contributed by atoms with van der Waals surface area (Å²) in [6.45, 7) is 7.97. The van der Waals surface area contributed by atoms with Crippen LogP contribution < -0.4 is 0 Å². The van der Waals surface area contributed by atoms with Gasteiger partial charge in [-0.2, -0.15) is 0 Å². The molecule has 0 aromatic rings. The van der Waals surface area contributed by atoms with E-state index in [2.05, 4.69) is 0 Å². The lowest BCUT2D eigenvalue weighted by molar-refractivity contribution is -0.149. The number of carbonyl (C=O) groups excluding carboxylic acids is 1. The van der Waals surface area contributed by atoms with Gasteiger partial charge in [0.05, 0.1) is 25.2 Å². The van der Waals surface area contributed by atoms with Crippen LogP contribution in [0, 0.1) is 5.92 Å². The zero-order chi connectivity index (χ0) is 13.9. The number of carboxylic acids is 1. The molecule has 1 rings (SSSR count). The number of hydrogen-bond donors (Lipinski definition) is 1. The smallest absolute Gasteiger partial charge is 0.410 e. The molecule has 1 saturated heterocycles. The van der Waals surface area contributed by atoms with Crippen molar-refractivity contribution in [3.63, 3.8) is 0 Å². The van der Waals surface area contributed by atoms with Gasteiger partial charge in [-0.3, -0.25) is 4.79 Å². The highest BCUT2D eigenvalue weighted by molar-refractivity contribution is 5.71. The predicted molar refractivity (Wildman–Crippen MR) is 64.3 cm³/mol. The van der Waals surface area contributed by atoms with E-state index in [4.69, 9.17) is 14.6 Å². The largest absolute Gasteiger partial charge is 0.481 e. The van der Waals surface area contributed by atoms with Crippen molar-refractivity contribution in [2.75, 3.05) is 19.7 Å². The summed E-state index contributed by atoms with van der Waals surface area (Å²) in [7, 11) is 0. The second kappa shape index (κ2) is 5.56. The Balaban J connectivity index is 2.58.